The quantitative estimate of drug-likeness (QED) is 0.645. The molecule has 1 unspecified atom stereocenters. The molecule has 0 saturated heterocycles. The molecule has 2 heteroatoms. The number of nitrogens with zero attached hydrogens (tertiary/aromatic N) is 1. The number of carbonyl (C=O) groups excluding carboxylic acids is 1. The summed E-state index contributed by atoms with van der Waals surface area (Å²) in [4.78, 5) is 11.4. The van der Waals surface area contributed by atoms with E-state index in [1.165, 1.54) is 0 Å². The van der Waals surface area contributed by atoms with Gasteiger partial charge in [-0.1, -0.05) is 27.7 Å². The predicted octanol–water partition coefficient (Wildman–Crippen LogP) is 2.40. The molecular weight excluding hydrogens is 150 g/mol. The van der Waals surface area contributed by atoms with E-state index in [0.29, 0.717) is 12.3 Å². The van der Waals surface area contributed by atoms with E-state index >= 15 is 0 Å². The molecular formula is C10H17NO. The summed E-state index contributed by atoms with van der Waals surface area (Å²) in [5, 5.41) is 8.72. The highest BCUT2D eigenvalue weighted by atomic mass is 16.1. The minimum absolute atomic E-state index is 0.0200. The molecule has 0 spiro atoms. The number of ketones is 1. The lowest BCUT2D eigenvalue weighted by Crippen LogP contribution is -2.19. The van der Waals surface area contributed by atoms with E-state index in [2.05, 4.69) is 6.07 Å². The first-order valence-electron chi connectivity index (χ1n) is 4.42. The standard InChI is InChI=1S/C10H17NO/c1-7(2)5-9(6-11)10(12)8(3)4/h7-9H,5H2,1-4H3. The molecule has 0 N–H and O–H groups in total. The molecule has 1 atom stereocenters. The van der Waals surface area contributed by atoms with Gasteiger partial charge < -0.3 is 0 Å². The Balaban J connectivity index is 4.18. The third-order valence-electron chi connectivity index (χ3n) is 1.78. The molecule has 0 rings (SSSR count). The highest BCUT2D eigenvalue weighted by Crippen LogP contribution is 2.15. The third-order valence-corrected chi connectivity index (χ3v) is 1.78. The summed E-state index contributed by atoms with van der Waals surface area (Å²) in [6, 6.07) is 2.06. The fourth-order valence-electron chi connectivity index (χ4n) is 1.11. The fourth-order valence-corrected chi connectivity index (χ4v) is 1.11. The summed E-state index contributed by atoms with van der Waals surface area (Å²) in [7, 11) is 0. The van der Waals surface area contributed by atoms with E-state index in [4.69, 9.17) is 5.26 Å². The van der Waals surface area contributed by atoms with E-state index in [0.717, 1.165) is 0 Å². The van der Waals surface area contributed by atoms with Crippen molar-refractivity contribution in [1.82, 2.24) is 0 Å². The zero-order valence-electron chi connectivity index (χ0n) is 8.29. The van der Waals surface area contributed by atoms with Crippen molar-refractivity contribution in [2.24, 2.45) is 17.8 Å². The van der Waals surface area contributed by atoms with Crippen LogP contribution in [-0.2, 0) is 4.79 Å². The van der Waals surface area contributed by atoms with E-state index in [9.17, 15) is 4.79 Å². The molecule has 0 heterocycles. The van der Waals surface area contributed by atoms with Crippen LogP contribution in [0.2, 0.25) is 0 Å². The lowest BCUT2D eigenvalue weighted by molar-refractivity contribution is -0.124. The number of carbonyl (C=O) groups is 1. The van der Waals surface area contributed by atoms with Gasteiger partial charge in [0.2, 0.25) is 0 Å². The van der Waals surface area contributed by atoms with Gasteiger partial charge in [0.1, 0.15) is 5.92 Å². The van der Waals surface area contributed by atoms with Crippen molar-refractivity contribution in [2.45, 2.75) is 34.1 Å². The topological polar surface area (TPSA) is 40.9 Å². The van der Waals surface area contributed by atoms with Crippen LogP contribution >= 0.6 is 0 Å². The Hall–Kier alpha value is -0.840. The van der Waals surface area contributed by atoms with Crippen molar-refractivity contribution in [3.8, 4) is 6.07 Å². The van der Waals surface area contributed by atoms with Gasteiger partial charge in [0.05, 0.1) is 6.07 Å². The summed E-state index contributed by atoms with van der Waals surface area (Å²) in [5.74, 6) is 0.0712. The Labute approximate surface area is 74.6 Å². The number of hydrogen-bond acceptors (Lipinski definition) is 2. The number of Topliss-reactive ketones (excluding diaryl/α,β-unsaturated/α-hetero) is 1. The Morgan fingerprint density at radius 3 is 2.08 bits per heavy atom. The second-order valence-electron chi connectivity index (χ2n) is 3.87. The number of nitriles is 1. The molecule has 0 aliphatic rings. The van der Waals surface area contributed by atoms with Crippen LogP contribution in [-0.4, -0.2) is 5.78 Å². The molecule has 68 valence electrons. The lowest BCUT2D eigenvalue weighted by Gasteiger charge is -2.12. The Morgan fingerprint density at radius 2 is 1.83 bits per heavy atom. The van der Waals surface area contributed by atoms with Gasteiger partial charge in [-0.2, -0.15) is 5.26 Å². The van der Waals surface area contributed by atoms with Crippen LogP contribution in [0.1, 0.15) is 34.1 Å². The van der Waals surface area contributed by atoms with E-state index < -0.39 is 5.92 Å². The van der Waals surface area contributed by atoms with Crippen molar-refractivity contribution in [3.05, 3.63) is 0 Å². The summed E-state index contributed by atoms with van der Waals surface area (Å²) in [6.07, 6.45) is 0.688. The number of hydrogen-bond donors (Lipinski definition) is 0. The maximum Gasteiger partial charge on any atom is 0.152 e. The van der Waals surface area contributed by atoms with Gasteiger partial charge in [-0.15, -0.1) is 0 Å². The second-order valence-corrected chi connectivity index (χ2v) is 3.87. The molecule has 2 nitrogen and oxygen atoms in total. The first kappa shape index (κ1) is 11.2. The van der Waals surface area contributed by atoms with Gasteiger partial charge >= 0.3 is 0 Å². The lowest BCUT2D eigenvalue weighted by atomic mass is 9.89. The number of rotatable bonds is 4. The SMILES string of the molecule is CC(C)CC(C#N)C(=O)C(C)C. The van der Waals surface area contributed by atoms with Crippen LogP contribution in [0.15, 0.2) is 0 Å². The van der Waals surface area contributed by atoms with E-state index in [1.807, 2.05) is 27.7 Å². The first-order chi connectivity index (χ1) is 5.49. The largest absolute Gasteiger partial charge is 0.298 e. The van der Waals surface area contributed by atoms with Crippen molar-refractivity contribution in [1.29, 1.82) is 5.26 Å². The van der Waals surface area contributed by atoms with Gasteiger partial charge in [0, 0.05) is 5.92 Å². The van der Waals surface area contributed by atoms with Crippen LogP contribution in [0.5, 0.6) is 0 Å². The average molecular weight is 167 g/mol. The van der Waals surface area contributed by atoms with Crippen LogP contribution in [0.25, 0.3) is 0 Å². The molecule has 0 radical (unpaired) electrons. The maximum atomic E-state index is 11.4. The molecule has 0 saturated carbocycles. The zero-order valence-corrected chi connectivity index (χ0v) is 8.29. The Morgan fingerprint density at radius 1 is 1.33 bits per heavy atom. The highest BCUT2D eigenvalue weighted by molar-refractivity contribution is 5.84. The van der Waals surface area contributed by atoms with Crippen LogP contribution in [0.4, 0.5) is 0 Å². The molecule has 0 fully saturated rings. The van der Waals surface area contributed by atoms with Crippen molar-refractivity contribution < 1.29 is 4.79 Å². The minimum atomic E-state index is -0.398. The highest BCUT2D eigenvalue weighted by Gasteiger charge is 2.21. The van der Waals surface area contributed by atoms with Gasteiger partial charge in [-0.25, -0.2) is 0 Å². The summed E-state index contributed by atoms with van der Waals surface area (Å²) >= 11 is 0. The minimum Gasteiger partial charge on any atom is -0.298 e. The molecule has 0 bridgehead atoms. The van der Waals surface area contributed by atoms with Crippen molar-refractivity contribution in [2.75, 3.05) is 0 Å². The third kappa shape index (κ3) is 3.52. The molecule has 0 amide bonds. The predicted molar refractivity (Wildman–Crippen MR) is 48.4 cm³/mol. The summed E-state index contributed by atoms with van der Waals surface area (Å²) < 4.78 is 0. The molecule has 12 heavy (non-hydrogen) atoms. The van der Waals surface area contributed by atoms with Crippen LogP contribution < -0.4 is 0 Å². The van der Waals surface area contributed by atoms with Gasteiger partial charge in [0.25, 0.3) is 0 Å². The second kappa shape index (κ2) is 4.92. The summed E-state index contributed by atoms with van der Waals surface area (Å²) in [6.45, 7) is 7.73. The van der Waals surface area contributed by atoms with Gasteiger partial charge in [-0.3, -0.25) is 4.79 Å². The smallest absolute Gasteiger partial charge is 0.152 e. The molecule has 0 aliphatic carbocycles. The Kier molecular flexibility index (Phi) is 4.58. The van der Waals surface area contributed by atoms with Crippen LogP contribution in [0, 0.1) is 29.1 Å². The van der Waals surface area contributed by atoms with Crippen molar-refractivity contribution >= 4 is 5.78 Å². The fraction of sp³-hybridized carbons (Fsp3) is 0.800. The van der Waals surface area contributed by atoms with Crippen molar-refractivity contribution in [3.63, 3.8) is 0 Å². The van der Waals surface area contributed by atoms with Gasteiger partial charge in [0.15, 0.2) is 5.78 Å². The molecule has 0 aliphatic heterocycles. The zero-order chi connectivity index (χ0) is 9.72. The van der Waals surface area contributed by atoms with Crippen LogP contribution in [0.3, 0.4) is 0 Å². The van der Waals surface area contributed by atoms with Gasteiger partial charge in [-0.05, 0) is 12.3 Å². The summed E-state index contributed by atoms with van der Waals surface area (Å²) in [5.41, 5.74) is 0. The Bertz CT molecular complexity index is 189. The van der Waals surface area contributed by atoms with E-state index in [-0.39, 0.29) is 11.7 Å². The molecule has 0 aromatic rings. The molecule has 0 aromatic carbocycles. The first-order valence-corrected chi connectivity index (χ1v) is 4.42. The molecule has 0 aromatic heterocycles. The maximum absolute atomic E-state index is 11.4. The monoisotopic (exact) mass is 167 g/mol. The van der Waals surface area contributed by atoms with E-state index in [1.54, 1.807) is 0 Å². The normalized spacial score (nSPS) is 13.1. The average Bonchev–Trinajstić information content (AvgIpc) is 1.98.